The van der Waals surface area contributed by atoms with E-state index in [2.05, 4.69) is 5.32 Å². The topological polar surface area (TPSA) is 52.6 Å². The van der Waals surface area contributed by atoms with Gasteiger partial charge in [-0.05, 0) is 35.9 Å². The molecule has 2 N–H and O–H groups in total. The van der Waals surface area contributed by atoms with Crippen LogP contribution in [0.3, 0.4) is 0 Å². The van der Waals surface area contributed by atoms with Crippen LogP contribution >= 0.6 is 0 Å². The summed E-state index contributed by atoms with van der Waals surface area (Å²) in [4.78, 5) is 14.1. The molecule has 0 fully saturated rings. The number of rotatable bonds is 2. The van der Waals surface area contributed by atoms with Crippen molar-refractivity contribution in [2.24, 2.45) is 0 Å². The normalized spacial score (nSPS) is 16.4. The number of phenols is 1. The molecule has 102 valence electrons. The highest BCUT2D eigenvalue weighted by Gasteiger charge is 2.29. The number of para-hydroxylation sites is 1. The van der Waals surface area contributed by atoms with Gasteiger partial charge in [0.25, 0.3) is 0 Å². The van der Waals surface area contributed by atoms with Gasteiger partial charge in [-0.1, -0.05) is 18.2 Å². The van der Waals surface area contributed by atoms with Crippen molar-refractivity contribution in [1.82, 2.24) is 0 Å². The largest absolute Gasteiger partial charge is 0.508 e. The van der Waals surface area contributed by atoms with Gasteiger partial charge in [-0.3, -0.25) is 4.79 Å². The zero-order valence-electron chi connectivity index (χ0n) is 11.2. The van der Waals surface area contributed by atoms with Crippen LogP contribution in [0.1, 0.15) is 5.56 Å². The number of phenolic OH excluding ortho intramolecular Hbond substituents is 1. The second-order valence-electron chi connectivity index (χ2n) is 4.97. The quantitative estimate of drug-likeness (QED) is 0.879. The molecule has 0 radical (unpaired) electrons. The van der Waals surface area contributed by atoms with Gasteiger partial charge < -0.3 is 15.3 Å². The van der Waals surface area contributed by atoms with Crippen LogP contribution in [0.5, 0.6) is 5.75 Å². The van der Waals surface area contributed by atoms with E-state index in [1.165, 1.54) is 5.56 Å². The highest BCUT2D eigenvalue weighted by Crippen LogP contribution is 2.27. The highest BCUT2D eigenvalue weighted by atomic mass is 16.3. The van der Waals surface area contributed by atoms with E-state index in [4.69, 9.17) is 0 Å². The second-order valence-corrected chi connectivity index (χ2v) is 4.97. The molecule has 0 unspecified atom stereocenters. The summed E-state index contributed by atoms with van der Waals surface area (Å²) in [6.45, 7) is 0. The smallest absolute Gasteiger partial charge is 0.249 e. The third-order valence-electron chi connectivity index (χ3n) is 3.64. The molecule has 1 aliphatic rings. The van der Waals surface area contributed by atoms with Crippen LogP contribution in [-0.4, -0.2) is 24.1 Å². The van der Waals surface area contributed by atoms with Crippen LogP contribution < -0.4 is 10.2 Å². The summed E-state index contributed by atoms with van der Waals surface area (Å²) < 4.78 is 0. The first kappa shape index (κ1) is 12.5. The Kier molecular flexibility index (Phi) is 3.06. The Bertz CT molecular complexity index is 612. The van der Waals surface area contributed by atoms with Crippen LogP contribution in [0.25, 0.3) is 0 Å². The van der Waals surface area contributed by atoms with E-state index in [9.17, 15) is 9.90 Å². The number of carbonyl (C=O) groups is 1. The number of amides is 1. The molecule has 0 aliphatic carbocycles. The summed E-state index contributed by atoms with van der Waals surface area (Å²) in [6.07, 6.45) is 0.706. The van der Waals surface area contributed by atoms with Gasteiger partial charge in [0.05, 0.1) is 0 Å². The average Bonchev–Trinajstić information content (AvgIpc) is 2.90. The van der Waals surface area contributed by atoms with Crippen molar-refractivity contribution in [1.29, 1.82) is 0 Å². The van der Waals surface area contributed by atoms with Gasteiger partial charge in [-0.2, -0.15) is 0 Å². The number of fused-ring (bicyclic) bond motifs is 1. The van der Waals surface area contributed by atoms with Crippen molar-refractivity contribution in [2.45, 2.75) is 12.5 Å². The number of hydrogen-bond donors (Lipinski definition) is 2. The molecular formula is C16H16N2O2. The zero-order chi connectivity index (χ0) is 14.1. The van der Waals surface area contributed by atoms with Crippen molar-refractivity contribution in [2.75, 3.05) is 17.3 Å². The third-order valence-corrected chi connectivity index (χ3v) is 3.64. The SMILES string of the molecule is CN(C(=O)[C@@H]1Cc2ccccc2N1)c1ccc(O)cc1. The molecular weight excluding hydrogens is 252 g/mol. The van der Waals surface area contributed by atoms with Crippen molar-refractivity contribution >= 4 is 17.3 Å². The van der Waals surface area contributed by atoms with E-state index < -0.39 is 0 Å². The summed E-state index contributed by atoms with van der Waals surface area (Å²) in [5.74, 6) is 0.216. The Morgan fingerprint density at radius 3 is 2.60 bits per heavy atom. The number of aromatic hydroxyl groups is 1. The fraction of sp³-hybridized carbons (Fsp3) is 0.188. The Labute approximate surface area is 117 Å². The predicted octanol–water partition coefficient (Wildman–Crippen LogP) is 2.39. The maximum absolute atomic E-state index is 12.5. The standard InChI is InChI=1S/C16H16N2O2/c1-18(12-6-8-13(19)9-7-12)16(20)15-10-11-4-2-3-5-14(11)17-15/h2-9,15,17,19H,10H2,1H3/t15-/m0/s1. The van der Waals surface area contributed by atoms with Crippen molar-refractivity contribution in [3.05, 3.63) is 54.1 Å². The summed E-state index contributed by atoms with van der Waals surface area (Å²) in [6, 6.07) is 14.4. The fourth-order valence-corrected chi connectivity index (χ4v) is 2.48. The number of hydrogen-bond acceptors (Lipinski definition) is 3. The lowest BCUT2D eigenvalue weighted by atomic mass is 10.1. The first-order valence-corrected chi connectivity index (χ1v) is 6.56. The first-order chi connectivity index (χ1) is 9.65. The van der Waals surface area contributed by atoms with Crippen LogP contribution in [-0.2, 0) is 11.2 Å². The minimum absolute atomic E-state index is 0.0203. The molecule has 0 bridgehead atoms. The number of nitrogens with zero attached hydrogens (tertiary/aromatic N) is 1. The molecule has 3 rings (SSSR count). The van der Waals surface area contributed by atoms with Gasteiger partial charge in [-0.15, -0.1) is 0 Å². The molecule has 0 spiro atoms. The molecule has 1 atom stereocenters. The second kappa shape index (κ2) is 4.89. The van der Waals surface area contributed by atoms with E-state index in [1.807, 2.05) is 24.3 Å². The van der Waals surface area contributed by atoms with E-state index in [0.29, 0.717) is 6.42 Å². The van der Waals surface area contributed by atoms with Crippen molar-refractivity contribution in [3.63, 3.8) is 0 Å². The molecule has 2 aromatic rings. The van der Waals surface area contributed by atoms with Gasteiger partial charge in [-0.25, -0.2) is 0 Å². The molecule has 1 heterocycles. The Hall–Kier alpha value is -2.49. The molecule has 20 heavy (non-hydrogen) atoms. The fourth-order valence-electron chi connectivity index (χ4n) is 2.48. The molecule has 0 aromatic heterocycles. The molecule has 4 nitrogen and oxygen atoms in total. The lowest BCUT2D eigenvalue weighted by molar-refractivity contribution is -0.118. The Morgan fingerprint density at radius 1 is 1.20 bits per heavy atom. The summed E-state index contributed by atoms with van der Waals surface area (Å²) in [5, 5.41) is 12.5. The molecule has 0 saturated carbocycles. The van der Waals surface area contributed by atoms with Gasteiger partial charge in [0.15, 0.2) is 0 Å². The van der Waals surface area contributed by atoms with Crippen molar-refractivity contribution < 1.29 is 9.90 Å². The van der Waals surface area contributed by atoms with Gasteiger partial charge in [0, 0.05) is 24.8 Å². The predicted molar refractivity (Wildman–Crippen MR) is 79.1 cm³/mol. The van der Waals surface area contributed by atoms with Crippen LogP contribution in [0, 0.1) is 0 Å². The van der Waals surface area contributed by atoms with E-state index in [0.717, 1.165) is 11.4 Å². The van der Waals surface area contributed by atoms with E-state index in [-0.39, 0.29) is 17.7 Å². The number of carbonyl (C=O) groups excluding carboxylic acids is 1. The lowest BCUT2D eigenvalue weighted by Gasteiger charge is -2.21. The molecule has 0 saturated heterocycles. The minimum Gasteiger partial charge on any atom is -0.508 e. The zero-order valence-corrected chi connectivity index (χ0v) is 11.2. The monoisotopic (exact) mass is 268 g/mol. The molecule has 2 aromatic carbocycles. The van der Waals surface area contributed by atoms with Crippen LogP contribution in [0.15, 0.2) is 48.5 Å². The third kappa shape index (κ3) is 2.20. The number of anilines is 2. The summed E-state index contributed by atoms with van der Waals surface area (Å²) >= 11 is 0. The van der Waals surface area contributed by atoms with Gasteiger partial charge in [0.2, 0.25) is 5.91 Å². The van der Waals surface area contributed by atoms with E-state index >= 15 is 0 Å². The molecule has 4 heteroatoms. The maximum Gasteiger partial charge on any atom is 0.249 e. The average molecular weight is 268 g/mol. The Morgan fingerprint density at radius 2 is 1.90 bits per heavy atom. The highest BCUT2D eigenvalue weighted by molar-refractivity contribution is 5.99. The van der Waals surface area contributed by atoms with Crippen LogP contribution in [0.4, 0.5) is 11.4 Å². The summed E-state index contributed by atoms with van der Waals surface area (Å²) in [7, 11) is 1.75. The molecule has 1 amide bonds. The number of likely N-dealkylation sites (N-methyl/N-ethyl adjacent to an activating group) is 1. The lowest BCUT2D eigenvalue weighted by Crippen LogP contribution is -2.39. The van der Waals surface area contributed by atoms with Crippen LogP contribution in [0.2, 0.25) is 0 Å². The number of benzene rings is 2. The van der Waals surface area contributed by atoms with Gasteiger partial charge in [0.1, 0.15) is 11.8 Å². The van der Waals surface area contributed by atoms with E-state index in [1.54, 1.807) is 36.2 Å². The minimum atomic E-state index is -0.230. The number of nitrogens with one attached hydrogen (secondary N) is 1. The van der Waals surface area contributed by atoms with Crippen molar-refractivity contribution in [3.8, 4) is 5.75 Å². The Balaban J connectivity index is 1.76. The molecule has 1 aliphatic heterocycles. The summed E-state index contributed by atoms with van der Waals surface area (Å²) in [5.41, 5.74) is 2.97. The first-order valence-electron chi connectivity index (χ1n) is 6.56. The van der Waals surface area contributed by atoms with Gasteiger partial charge >= 0.3 is 0 Å². The maximum atomic E-state index is 12.5.